The number of furan rings is 1. The van der Waals surface area contributed by atoms with Crippen molar-refractivity contribution in [1.82, 2.24) is 5.32 Å². The lowest BCUT2D eigenvalue weighted by molar-refractivity contribution is 0.512. The molecule has 0 atom stereocenters. The van der Waals surface area contributed by atoms with Crippen molar-refractivity contribution in [3.63, 3.8) is 0 Å². The van der Waals surface area contributed by atoms with Crippen molar-refractivity contribution in [2.45, 2.75) is 33.7 Å². The van der Waals surface area contributed by atoms with Crippen LogP contribution in [-0.4, -0.2) is 6.54 Å². The quantitative estimate of drug-likeness (QED) is 0.792. The largest absolute Gasteiger partial charge is 0.459 e. The summed E-state index contributed by atoms with van der Waals surface area (Å²) >= 11 is 0. The molecule has 0 aliphatic rings. The van der Waals surface area contributed by atoms with Gasteiger partial charge in [0.1, 0.15) is 11.3 Å². The molecule has 16 heavy (non-hydrogen) atoms. The number of hydrogen-bond donors (Lipinski definition) is 1. The third kappa shape index (κ3) is 2.27. The molecule has 2 aromatic rings. The van der Waals surface area contributed by atoms with Crippen LogP contribution in [0.3, 0.4) is 0 Å². The average Bonchev–Trinajstić information content (AvgIpc) is 2.61. The first kappa shape index (κ1) is 11.2. The van der Waals surface area contributed by atoms with Crippen molar-refractivity contribution >= 4 is 11.0 Å². The van der Waals surface area contributed by atoms with E-state index in [4.69, 9.17) is 4.42 Å². The van der Waals surface area contributed by atoms with Crippen LogP contribution < -0.4 is 5.32 Å². The molecule has 0 unspecified atom stereocenters. The highest BCUT2D eigenvalue weighted by molar-refractivity contribution is 5.81. The van der Waals surface area contributed by atoms with Gasteiger partial charge in [-0.25, -0.2) is 0 Å². The summed E-state index contributed by atoms with van der Waals surface area (Å²) < 4.78 is 5.84. The molecule has 1 heterocycles. The van der Waals surface area contributed by atoms with Gasteiger partial charge in [0.15, 0.2) is 0 Å². The molecule has 2 rings (SSSR count). The Hall–Kier alpha value is -1.28. The predicted molar refractivity (Wildman–Crippen MR) is 67.7 cm³/mol. The number of benzene rings is 1. The number of nitrogens with one attached hydrogen (secondary N) is 1. The Bertz CT molecular complexity index is 485. The molecule has 0 saturated carbocycles. The van der Waals surface area contributed by atoms with Crippen LogP contribution in [0.15, 0.2) is 22.6 Å². The third-order valence-electron chi connectivity index (χ3n) is 2.72. The first-order chi connectivity index (χ1) is 7.70. The van der Waals surface area contributed by atoms with Gasteiger partial charge < -0.3 is 9.73 Å². The van der Waals surface area contributed by atoms with Crippen LogP contribution in [0, 0.1) is 13.8 Å². The first-order valence-corrected chi connectivity index (χ1v) is 5.91. The van der Waals surface area contributed by atoms with Crippen LogP contribution in [0.5, 0.6) is 0 Å². The smallest absolute Gasteiger partial charge is 0.137 e. The highest BCUT2D eigenvalue weighted by Crippen LogP contribution is 2.24. The highest BCUT2D eigenvalue weighted by Gasteiger charge is 2.06. The molecular weight excluding hydrogens is 198 g/mol. The average molecular weight is 217 g/mol. The fourth-order valence-corrected chi connectivity index (χ4v) is 2.04. The van der Waals surface area contributed by atoms with Crippen molar-refractivity contribution in [3.8, 4) is 0 Å². The van der Waals surface area contributed by atoms with Crippen molar-refractivity contribution in [3.05, 3.63) is 35.1 Å². The molecule has 0 amide bonds. The van der Waals surface area contributed by atoms with Crippen molar-refractivity contribution in [2.75, 3.05) is 6.54 Å². The summed E-state index contributed by atoms with van der Waals surface area (Å²) in [6.07, 6.45) is 1.15. The summed E-state index contributed by atoms with van der Waals surface area (Å²) in [7, 11) is 0. The molecule has 0 bridgehead atoms. The van der Waals surface area contributed by atoms with Crippen LogP contribution in [0.25, 0.3) is 11.0 Å². The summed E-state index contributed by atoms with van der Waals surface area (Å²) in [6.45, 7) is 8.24. The zero-order valence-corrected chi connectivity index (χ0v) is 10.3. The maximum atomic E-state index is 5.84. The van der Waals surface area contributed by atoms with E-state index in [2.05, 4.69) is 44.3 Å². The molecule has 2 nitrogen and oxygen atoms in total. The molecule has 0 radical (unpaired) electrons. The van der Waals surface area contributed by atoms with Gasteiger partial charge in [-0.05, 0) is 44.5 Å². The van der Waals surface area contributed by atoms with Crippen molar-refractivity contribution in [2.24, 2.45) is 0 Å². The minimum atomic E-state index is 0.820. The van der Waals surface area contributed by atoms with E-state index in [1.807, 2.05) is 0 Å². The Balaban J connectivity index is 2.26. The second-order valence-corrected chi connectivity index (χ2v) is 4.39. The van der Waals surface area contributed by atoms with E-state index in [-0.39, 0.29) is 0 Å². The molecule has 0 fully saturated rings. The van der Waals surface area contributed by atoms with Gasteiger partial charge in [-0.3, -0.25) is 0 Å². The van der Waals surface area contributed by atoms with Gasteiger partial charge >= 0.3 is 0 Å². The van der Waals surface area contributed by atoms with E-state index >= 15 is 0 Å². The Morgan fingerprint density at radius 2 is 2.00 bits per heavy atom. The van der Waals surface area contributed by atoms with E-state index in [1.54, 1.807) is 0 Å². The minimum absolute atomic E-state index is 0.820. The molecule has 0 aliphatic heterocycles. The van der Waals surface area contributed by atoms with Crippen LogP contribution in [0.4, 0.5) is 0 Å². The molecule has 0 aliphatic carbocycles. The van der Waals surface area contributed by atoms with Gasteiger partial charge in [-0.1, -0.05) is 18.6 Å². The second-order valence-electron chi connectivity index (χ2n) is 4.39. The highest BCUT2D eigenvalue weighted by atomic mass is 16.3. The molecule has 1 N–H and O–H groups in total. The molecule has 86 valence electrons. The summed E-state index contributed by atoms with van der Waals surface area (Å²) in [5, 5.41) is 4.57. The number of fused-ring (bicyclic) bond motifs is 1. The molecule has 0 spiro atoms. The fraction of sp³-hybridized carbons (Fsp3) is 0.429. The molecule has 1 aromatic heterocycles. The van der Waals surface area contributed by atoms with Crippen LogP contribution in [0.1, 0.15) is 30.2 Å². The summed E-state index contributed by atoms with van der Waals surface area (Å²) in [6, 6.07) is 6.47. The number of hydrogen-bond acceptors (Lipinski definition) is 2. The van der Waals surface area contributed by atoms with Crippen LogP contribution >= 0.6 is 0 Å². The maximum absolute atomic E-state index is 5.84. The van der Waals surface area contributed by atoms with Gasteiger partial charge in [0.25, 0.3) is 0 Å². The van der Waals surface area contributed by atoms with E-state index < -0.39 is 0 Å². The zero-order valence-electron chi connectivity index (χ0n) is 10.3. The van der Waals surface area contributed by atoms with Gasteiger partial charge in [-0.2, -0.15) is 0 Å². The molecule has 1 aromatic carbocycles. The van der Waals surface area contributed by atoms with Crippen LogP contribution in [0.2, 0.25) is 0 Å². The molecule has 0 saturated heterocycles. The first-order valence-electron chi connectivity index (χ1n) is 5.91. The van der Waals surface area contributed by atoms with E-state index in [9.17, 15) is 0 Å². The Labute approximate surface area is 96.6 Å². The standard InChI is InChI=1S/C14H19NO/c1-4-5-15-9-13-8-12-7-10(2)6-11(3)14(12)16-13/h6-8,15H,4-5,9H2,1-3H3. The topological polar surface area (TPSA) is 25.2 Å². The van der Waals surface area contributed by atoms with Gasteiger partial charge in [0.05, 0.1) is 6.54 Å². The third-order valence-corrected chi connectivity index (χ3v) is 2.72. The van der Waals surface area contributed by atoms with Crippen molar-refractivity contribution < 1.29 is 4.42 Å². The monoisotopic (exact) mass is 217 g/mol. The Morgan fingerprint density at radius 3 is 2.75 bits per heavy atom. The number of rotatable bonds is 4. The Kier molecular flexibility index (Phi) is 3.30. The Morgan fingerprint density at radius 1 is 1.19 bits per heavy atom. The van der Waals surface area contributed by atoms with Gasteiger partial charge in [-0.15, -0.1) is 0 Å². The summed E-state index contributed by atoms with van der Waals surface area (Å²) in [4.78, 5) is 0. The molecular formula is C14H19NO. The lowest BCUT2D eigenvalue weighted by atomic mass is 10.1. The summed E-state index contributed by atoms with van der Waals surface area (Å²) in [5.41, 5.74) is 3.54. The van der Waals surface area contributed by atoms with Crippen LogP contribution in [-0.2, 0) is 6.54 Å². The summed E-state index contributed by atoms with van der Waals surface area (Å²) in [5.74, 6) is 1.03. The van der Waals surface area contributed by atoms with E-state index in [0.717, 1.165) is 30.9 Å². The zero-order chi connectivity index (χ0) is 11.5. The lowest BCUT2D eigenvalue weighted by Crippen LogP contribution is -2.12. The fourth-order valence-electron chi connectivity index (χ4n) is 2.04. The maximum Gasteiger partial charge on any atom is 0.137 e. The minimum Gasteiger partial charge on any atom is -0.459 e. The molecule has 2 heteroatoms. The van der Waals surface area contributed by atoms with E-state index in [0.29, 0.717) is 0 Å². The normalized spacial score (nSPS) is 11.2. The number of aryl methyl sites for hydroxylation is 2. The van der Waals surface area contributed by atoms with Gasteiger partial charge in [0, 0.05) is 5.39 Å². The second kappa shape index (κ2) is 4.71. The SMILES string of the molecule is CCCNCc1cc2cc(C)cc(C)c2o1. The van der Waals surface area contributed by atoms with E-state index in [1.165, 1.54) is 16.5 Å². The lowest BCUT2D eigenvalue weighted by Gasteiger charge is -1.98. The van der Waals surface area contributed by atoms with Gasteiger partial charge in [0.2, 0.25) is 0 Å². The predicted octanol–water partition coefficient (Wildman–Crippen LogP) is 3.55. The van der Waals surface area contributed by atoms with Crippen molar-refractivity contribution in [1.29, 1.82) is 0 Å².